The van der Waals surface area contributed by atoms with Gasteiger partial charge in [-0.3, -0.25) is 4.90 Å². The van der Waals surface area contributed by atoms with E-state index in [-0.39, 0.29) is 12.1 Å². The standard InChI is InChI=1S/C19H20ClNO2/c20-18-9-5-4-8-17(18)19(22)23-16-10-12-21(13-11-16)14-15-6-2-1-3-7-15/h1-9,16H,10-14H2. The first-order valence-electron chi connectivity index (χ1n) is 7.94. The molecule has 0 amide bonds. The van der Waals surface area contributed by atoms with Crippen LogP contribution in [-0.2, 0) is 11.3 Å². The smallest absolute Gasteiger partial charge is 0.339 e. The summed E-state index contributed by atoms with van der Waals surface area (Å²) in [6.07, 6.45) is 1.71. The molecule has 0 unspecified atom stereocenters. The van der Waals surface area contributed by atoms with Gasteiger partial charge in [-0.15, -0.1) is 0 Å². The molecule has 1 fully saturated rings. The molecule has 3 rings (SSSR count). The number of carbonyl (C=O) groups is 1. The molecule has 0 radical (unpaired) electrons. The second kappa shape index (κ2) is 7.62. The number of rotatable bonds is 4. The number of benzene rings is 2. The number of nitrogens with zero attached hydrogens (tertiary/aromatic N) is 1. The molecule has 2 aromatic carbocycles. The molecule has 0 N–H and O–H groups in total. The summed E-state index contributed by atoms with van der Waals surface area (Å²) in [4.78, 5) is 14.6. The second-order valence-corrected chi connectivity index (χ2v) is 6.25. The molecule has 1 aliphatic rings. The van der Waals surface area contributed by atoms with Gasteiger partial charge >= 0.3 is 5.97 Å². The van der Waals surface area contributed by atoms with Gasteiger partial charge in [0.05, 0.1) is 10.6 Å². The Bertz CT molecular complexity index is 651. The molecular weight excluding hydrogens is 310 g/mol. The molecular formula is C19H20ClNO2. The van der Waals surface area contributed by atoms with E-state index in [9.17, 15) is 4.79 Å². The first-order chi connectivity index (χ1) is 11.2. The van der Waals surface area contributed by atoms with E-state index in [0.29, 0.717) is 10.6 Å². The van der Waals surface area contributed by atoms with E-state index < -0.39 is 0 Å². The summed E-state index contributed by atoms with van der Waals surface area (Å²) in [5, 5.41) is 0.444. The minimum atomic E-state index is -0.322. The lowest BCUT2D eigenvalue weighted by Gasteiger charge is -2.31. The molecule has 0 atom stereocenters. The van der Waals surface area contributed by atoms with Gasteiger partial charge in [-0.05, 0) is 30.5 Å². The number of hydrogen-bond acceptors (Lipinski definition) is 3. The molecule has 120 valence electrons. The van der Waals surface area contributed by atoms with Crippen LogP contribution in [0.2, 0.25) is 5.02 Å². The van der Waals surface area contributed by atoms with Crippen LogP contribution in [0.3, 0.4) is 0 Å². The van der Waals surface area contributed by atoms with E-state index in [1.165, 1.54) is 5.56 Å². The van der Waals surface area contributed by atoms with E-state index in [1.807, 2.05) is 6.07 Å². The Balaban J connectivity index is 1.49. The summed E-state index contributed by atoms with van der Waals surface area (Å²) in [6.45, 7) is 2.83. The molecule has 23 heavy (non-hydrogen) atoms. The molecule has 0 aliphatic carbocycles. The number of ether oxygens (including phenoxy) is 1. The van der Waals surface area contributed by atoms with E-state index >= 15 is 0 Å². The number of likely N-dealkylation sites (tertiary alicyclic amines) is 1. The fourth-order valence-electron chi connectivity index (χ4n) is 2.87. The minimum Gasteiger partial charge on any atom is -0.459 e. The minimum absolute atomic E-state index is 0.0224. The Labute approximate surface area is 141 Å². The molecule has 0 bridgehead atoms. The summed E-state index contributed by atoms with van der Waals surface area (Å²) < 4.78 is 5.61. The number of carbonyl (C=O) groups excluding carboxylic acids is 1. The van der Waals surface area contributed by atoms with Gasteiger partial charge in [0.25, 0.3) is 0 Å². The maximum atomic E-state index is 12.2. The van der Waals surface area contributed by atoms with Crippen molar-refractivity contribution in [1.82, 2.24) is 4.90 Å². The lowest BCUT2D eigenvalue weighted by molar-refractivity contribution is 0.0104. The van der Waals surface area contributed by atoms with Crippen molar-refractivity contribution in [3.63, 3.8) is 0 Å². The van der Waals surface area contributed by atoms with Crippen molar-refractivity contribution in [3.05, 3.63) is 70.7 Å². The Hall–Kier alpha value is -1.84. The van der Waals surface area contributed by atoms with Gasteiger partial charge < -0.3 is 4.74 Å². The number of piperidine rings is 1. The van der Waals surface area contributed by atoms with E-state index in [4.69, 9.17) is 16.3 Å². The molecule has 1 saturated heterocycles. The van der Waals surface area contributed by atoms with Crippen LogP contribution in [0.15, 0.2) is 54.6 Å². The quantitative estimate of drug-likeness (QED) is 0.789. The zero-order chi connectivity index (χ0) is 16.1. The molecule has 0 saturated carbocycles. The average molecular weight is 330 g/mol. The van der Waals surface area contributed by atoms with Crippen molar-refractivity contribution in [2.45, 2.75) is 25.5 Å². The first-order valence-corrected chi connectivity index (χ1v) is 8.32. The lowest BCUT2D eigenvalue weighted by atomic mass is 10.1. The third-order valence-electron chi connectivity index (χ3n) is 4.15. The first kappa shape index (κ1) is 16.0. The molecule has 2 aromatic rings. The van der Waals surface area contributed by atoms with Crippen LogP contribution in [0.25, 0.3) is 0 Å². The SMILES string of the molecule is O=C(OC1CCN(Cc2ccccc2)CC1)c1ccccc1Cl. The average Bonchev–Trinajstić information content (AvgIpc) is 2.58. The summed E-state index contributed by atoms with van der Waals surface area (Å²) >= 11 is 6.04. The Morgan fingerprint density at radius 1 is 1.04 bits per heavy atom. The maximum Gasteiger partial charge on any atom is 0.339 e. The number of halogens is 1. The largest absolute Gasteiger partial charge is 0.459 e. The summed E-state index contributed by atoms with van der Waals surface area (Å²) in [5.74, 6) is -0.322. The molecule has 1 aliphatic heterocycles. The molecule has 4 heteroatoms. The lowest BCUT2D eigenvalue weighted by Crippen LogP contribution is -2.37. The van der Waals surface area contributed by atoms with Crippen molar-refractivity contribution >= 4 is 17.6 Å². The van der Waals surface area contributed by atoms with Gasteiger partial charge in [0.15, 0.2) is 0 Å². The van der Waals surface area contributed by atoms with Crippen LogP contribution in [0.1, 0.15) is 28.8 Å². The summed E-state index contributed by atoms with van der Waals surface area (Å²) in [6, 6.07) is 17.5. The predicted octanol–water partition coefficient (Wildman–Crippen LogP) is 4.16. The number of hydrogen-bond donors (Lipinski definition) is 0. The van der Waals surface area contributed by atoms with Crippen LogP contribution < -0.4 is 0 Å². The fraction of sp³-hybridized carbons (Fsp3) is 0.316. The van der Waals surface area contributed by atoms with Crippen molar-refractivity contribution in [2.24, 2.45) is 0 Å². The topological polar surface area (TPSA) is 29.5 Å². The van der Waals surface area contributed by atoms with Crippen LogP contribution >= 0.6 is 11.6 Å². The Morgan fingerprint density at radius 2 is 1.70 bits per heavy atom. The zero-order valence-corrected chi connectivity index (χ0v) is 13.7. The highest BCUT2D eigenvalue weighted by molar-refractivity contribution is 6.33. The van der Waals surface area contributed by atoms with Crippen molar-refractivity contribution in [1.29, 1.82) is 0 Å². The van der Waals surface area contributed by atoms with Crippen LogP contribution in [0.4, 0.5) is 0 Å². The highest BCUT2D eigenvalue weighted by Crippen LogP contribution is 2.20. The van der Waals surface area contributed by atoms with E-state index in [1.54, 1.807) is 24.3 Å². The molecule has 0 spiro atoms. The summed E-state index contributed by atoms with van der Waals surface area (Å²) in [5.41, 5.74) is 1.76. The molecule has 1 heterocycles. The van der Waals surface area contributed by atoms with Crippen LogP contribution in [0.5, 0.6) is 0 Å². The van der Waals surface area contributed by atoms with Crippen LogP contribution in [0, 0.1) is 0 Å². The highest BCUT2D eigenvalue weighted by atomic mass is 35.5. The Morgan fingerprint density at radius 3 is 2.39 bits per heavy atom. The third-order valence-corrected chi connectivity index (χ3v) is 4.48. The predicted molar refractivity (Wildman–Crippen MR) is 91.6 cm³/mol. The Kier molecular flexibility index (Phi) is 5.31. The third kappa shape index (κ3) is 4.34. The van der Waals surface area contributed by atoms with Crippen molar-refractivity contribution < 1.29 is 9.53 Å². The fourth-order valence-corrected chi connectivity index (χ4v) is 3.08. The number of esters is 1. The van der Waals surface area contributed by atoms with Crippen molar-refractivity contribution in [2.75, 3.05) is 13.1 Å². The normalized spacial score (nSPS) is 16.2. The van der Waals surface area contributed by atoms with Gasteiger partial charge in [0, 0.05) is 19.6 Å². The van der Waals surface area contributed by atoms with E-state index in [0.717, 1.165) is 32.5 Å². The monoisotopic (exact) mass is 329 g/mol. The van der Waals surface area contributed by atoms with Gasteiger partial charge in [-0.2, -0.15) is 0 Å². The van der Waals surface area contributed by atoms with Gasteiger partial charge in [-0.25, -0.2) is 4.79 Å². The van der Waals surface area contributed by atoms with E-state index in [2.05, 4.69) is 29.2 Å². The zero-order valence-electron chi connectivity index (χ0n) is 13.0. The van der Waals surface area contributed by atoms with Crippen LogP contribution in [-0.4, -0.2) is 30.1 Å². The molecule has 3 nitrogen and oxygen atoms in total. The van der Waals surface area contributed by atoms with Gasteiger partial charge in [0.1, 0.15) is 6.10 Å². The summed E-state index contributed by atoms with van der Waals surface area (Å²) in [7, 11) is 0. The molecule has 0 aromatic heterocycles. The van der Waals surface area contributed by atoms with Gasteiger partial charge in [0.2, 0.25) is 0 Å². The van der Waals surface area contributed by atoms with Gasteiger partial charge in [-0.1, -0.05) is 54.1 Å². The second-order valence-electron chi connectivity index (χ2n) is 5.85. The maximum absolute atomic E-state index is 12.2. The highest BCUT2D eigenvalue weighted by Gasteiger charge is 2.23. The van der Waals surface area contributed by atoms with Crippen molar-refractivity contribution in [3.8, 4) is 0 Å².